The Bertz CT molecular complexity index is 1610. The van der Waals surface area contributed by atoms with Gasteiger partial charge in [-0.2, -0.15) is 19.8 Å². The van der Waals surface area contributed by atoms with Crippen molar-refractivity contribution in [1.29, 1.82) is 0 Å². The molecule has 5 rings (SSSR count). The lowest BCUT2D eigenvalue weighted by molar-refractivity contribution is -0.127. The predicted octanol–water partition coefficient (Wildman–Crippen LogP) is 0.730. The zero-order chi connectivity index (χ0) is 29.3. The summed E-state index contributed by atoms with van der Waals surface area (Å²) in [6, 6.07) is 8.80. The van der Waals surface area contributed by atoms with Gasteiger partial charge in [-0.3, -0.25) is 14.4 Å². The average molecular weight is 585 g/mol. The number of pyridine rings is 1. The smallest absolute Gasteiger partial charge is 0.494 e. The Balaban J connectivity index is 1.47. The van der Waals surface area contributed by atoms with Crippen molar-refractivity contribution in [2.24, 2.45) is 0 Å². The van der Waals surface area contributed by atoms with Gasteiger partial charge in [0.05, 0.1) is 24.3 Å². The Kier molecular flexibility index (Phi) is 7.80. The van der Waals surface area contributed by atoms with E-state index in [2.05, 4.69) is 15.1 Å². The molecular weight excluding hydrogens is 557 g/mol. The third kappa shape index (κ3) is 5.80. The van der Waals surface area contributed by atoms with Crippen molar-refractivity contribution in [3.8, 4) is 11.6 Å². The third-order valence-corrected chi connectivity index (χ3v) is 7.03. The molecule has 4 aromatic rings. The van der Waals surface area contributed by atoms with Crippen molar-refractivity contribution in [2.45, 2.75) is 13.7 Å². The number of ketones is 1. The van der Waals surface area contributed by atoms with E-state index in [-0.39, 0.29) is 60.1 Å². The highest BCUT2D eigenvalue weighted by atomic mass is 31.2. The highest BCUT2D eigenvalue weighted by molar-refractivity contribution is 7.53. The van der Waals surface area contributed by atoms with E-state index in [0.29, 0.717) is 11.4 Å². The first-order chi connectivity index (χ1) is 19.6. The maximum absolute atomic E-state index is 13.7. The fourth-order valence-electron chi connectivity index (χ4n) is 4.61. The van der Waals surface area contributed by atoms with Crippen LogP contribution >= 0.6 is 8.17 Å². The highest BCUT2D eigenvalue weighted by Gasteiger charge is 2.36. The van der Waals surface area contributed by atoms with E-state index in [1.165, 1.54) is 40.0 Å². The molecule has 1 aromatic carbocycles. The summed E-state index contributed by atoms with van der Waals surface area (Å²) in [4.78, 5) is 79.5. The zero-order valence-electron chi connectivity index (χ0n) is 22.1. The summed E-state index contributed by atoms with van der Waals surface area (Å²) < 4.78 is 12.9. The topological polar surface area (TPSA) is 185 Å². The molecule has 0 saturated carbocycles. The molecule has 0 atom stereocenters. The first-order valence-corrected chi connectivity index (χ1v) is 14.0. The van der Waals surface area contributed by atoms with Crippen LogP contribution in [0.5, 0.6) is 5.75 Å². The fraction of sp³-hybridized carbons (Fsp3) is 0.280. The second-order valence-electron chi connectivity index (χ2n) is 9.17. The maximum atomic E-state index is 13.7. The number of carbonyl (C=O) groups excluding carboxylic acids is 3. The number of hydrogen-bond acceptors (Lipinski definition) is 11. The number of carbonyl (C=O) groups is 3. The van der Waals surface area contributed by atoms with Crippen molar-refractivity contribution in [3.05, 3.63) is 66.0 Å². The number of rotatable bonds is 8. The summed E-state index contributed by atoms with van der Waals surface area (Å²) in [5.41, 5.74) is 0.682. The number of aromatic nitrogens is 5. The van der Waals surface area contributed by atoms with Gasteiger partial charge in [0, 0.05) is 37.9 Å². The number of piperazine rings is 1. The molecule has 3 aromatic heterocycles. The van der Waals surface area contributed by atoms with Crippen LogP contribution in [0.3, 0.4) is 0 Å². The normalized spacial score (nSPS) is 14.0. The third-order valence-electron chi connectivity index (χ3n) is 6.57. The molecule has 2 amide bonds. The van der Waals surface area contributed by atoms with Crippen LogP contribution in [-0.2, 0) is 16.0 Å². The number of ether oxygens (including phenoxy) is 1. The Morgan fingerprint density at radius 3 is 2.29 bits per heavy atom. The monoisotopic (exact) mass is 584 g/mol. The van der Waals surface area contributed by atoms with E-state index in [1.807, 2.05) is 6.07 Å². The predicted molar refractivity (Wildman–Crippen MR) is 144 cm³/mol. The second kappa shape index (κ2) is 11.3. The molecule has 41 heavy (non-hydrogen) atoms. The van der Waals surface area contributed by atoms with Crippen molar-refractivity contribution >= 4 is 36.7 Å². The molecule has 214 valence electrons. The minimum Gasteiger partial charge on any atom is -0.494 e. The number of fused-ring (bicyclic) bond motifs is 1. The number of amides is 2. The minimum atomic E-state index is -4.65. The van der Waals surface area contributed by atoms with Gasteiger partial charge in [-0.25, -0.2) is 14.6 Å². The lowest BCUT2D eigenvalue weighted by Gasteiger charge is -2.34. The molecule has 1 aliphatic rings. The molecule has 0 radical (unpaired) electrons. The van der Waals surface area contributed by atoms with Gasteiger partial charge in [-0.15, -0.1) is 4.52 Å². The maximum Gasteiger partial charge on any atom is 0.569 e. The van der Waals surface area contributed by atoms with E-state index >= 15 is 0 Å². The Morgan fingerprint density at radius 2 is 1.68 bits per heavy atom. The lowest BCUT2D eigenvalue weighted by Crippen LogP contribution is -2.52. The van der Waals surface area contributed by atoms with Gasteiger partial charge in [0.1, 0.15) is 23.4 Å². The number of Topliss-reactive ketones (excluding diaryl/α,β-unsaturated/α-hetero) is 1. The fourth-order valence-corrected chi connectivity index (χ4v) is 4.89. The summed E-state index contributed by atoms with van der Waals surface area (Å²) in [6.45, 7) is 1.87. The van der Waals surface area contributed by atoms with E-state index in [9.17, 15) is 29.1 Å². The summed E-state index contributed by atoms with van der Waals surface area (Å²) in [5, 5.41) is 4.45. The standard InChI is InChI=1S/C25H27N7O8P/c1-16-27-14-32(28-16)23-21-20(19(39-2)12-26-23)18(13-31(21)15-40-41(36,37)38)22(33)25(35)30-10-8-29(9-11-30)24(34)17-6-4-3-5-7-17/h3-7,12-14,36-38H,8-11,15H2,1-2H3/q+1. The van der Waals surface area contributed by atoms with Crippen molar-refractivity contribution in [1.82, 2.24) is 34.1 Å². The molecule has 4 heterocycles. The SMILES string of the molecule is COc1cnc(-n2cnc(C)n2)c2c1c(C(=O)C(=O)N1CCN(C(=O)c3ccccc3)CC1)cn2CO[P+](O)(O)O. The lowest BCUT2D eigenvalue weighted by atomic mass is 10.1. The molecule has 1 aliphatic heterocycles. The molecule has 1 fully saturated rings. The summed E-state index contributed by atoms with van der Waals surface area (Å²) in [5.74, 6) is -1.03. The van der Waals surface area contributed by atoms with Crippen LogP contribution in [0.15, 0.2) is 49.1 Å². The minimum absolute atomic E-state index is 0.0634. The van der Waals surface area contributed by atoms with Crippen LogP contribution in [0.2, 0.25) is 0 Å². The van der Waals surface area contributed by atoms with Crippen molar-refractivity contribution in [3.63, 3.8) is 0 Å². The molecule has 0 unspecified atom stereocenters. The molecule has 0 bridgehead atoms. The largest absolute Gasteiger partial charge is 0.569 e. The molecule has 3 N–H and O–H groups in total. The van der Waals surface area contributed by atoms with Gasteiger partial charge in [0.15, 0.2) is 12.5 Å². The Labute approximate surface area is 233 Å². The number of hydrogen-bond donors (Lipinski definition) is 3. The van der Waals surface area contributed by atoms with Crippen LogP contribution in [0, 0.1) is 6.92 Å². The number of methoxy groups -OCH3 is 1. The van der Waals surface area contributed by atoms with E-state index in [4.69, 9.17) is 9.26 Å². The van der Waals surface area contributed by atoms with Crippen molar-refractivity contribution in [2.75, 3.05) is 33.3 Å². The molecule has 1 saturated heterocycles. The molecule has 0 aliphatic carbocycles. The van der Waals surface area contributed by atoms with Gasteiger partial charge in [0.2, 0.25) is 0 Å². The molecule has 15 nitrogen and oxygen atoms in total. The summed E-state index contributed by atoms with van der Waals surface area (Å²) in [6.07, 6.45) is 4.04. The Hall–Kier alpha value is -4.27. The van der Waals surface area contributed by atoms with E-state index in [1.54, 1.807) is 36.1 Å². The number of benzene rings is 1. The van der Waals surface area contributed by atoms with E-state index < -0.39 is 26.6 Å². The summed E-state index contributed by atoms with van der Waals surface area (Å²) >= 11 is 0. The first-order valence-electron chi connectivity index (χ1n) is 12.4. The van der Waals surface area contributed by atoms with Crippen LogP contribution < -0.4 is 4.74 Å². The summed E-state index contributed by atoms with van der Waals surface area (Å²) in [7, 11) is -3.28. The van der Waals surface area contributed by atoms with Gasteiger partial charge in [-0.1, -0.05) is 18.2 Å². The van der Waals surface area contributed by atoms with Gasteiger partial charge in [0.25, 0.3) is 17.6 Å². The number of nitrogens with zero attached hydrogens (tertiary/aromatic N) is 7. The highest BCUT2D eigenvalue weighted by Crippen LogP contribution is 2.46. The molecule has 0 spiro atoms. The molecular formula is C25H27N7O8P+. The van der Waals surface area contributed by atoms with Gasteiger partial charge in [-0.05, 0) is 19.1 Å². The van der Waals surface area contributed by atoms with Crippen LogP contribution in [-0.4, -0.2) is 99.7 Å². The van der Waals surface area contributed by atoms with Crippen LogP contribution in [0.4, 0.5) is 0 Å². The van der Waals surface area contributed by atoms with Crippen LogP contribution in [0.25, 0.3) is 16.7 Å². The van der Waals surface area contributed by atoms with Crippen molar-refractivity contribution < 1.29 is 38.3 Å². The first kappa shape index (κ1) is 28.3. The van der Waals surface area contributed by atoms with Gasteiger partial charge < -0.3 is 19.1 Å². The van der Waals surface area contributed by atoms with Crippen LogP contribution in [0.1, 0.15) is 26.5 Å². The Morgan fingerprint density at radius 1 is 1.00 bits per heavy atom. The zero-order valence-corrected chi connectivity index (χ0v) is 23.0. The second-order valence-corrected chi connectivity index (χ2v) is 10.5. The average Bonchev–Trinajstić information content (AvgIpc) is 3.58. The van der Waals surface area contributed by atoms with Gasteiger partial charge >= 0.3 is 8.17 Å². The number of aryl methyl sites for hydroxylation is 1. The quantitative estimate of drug-likeness (QED) is 0.151. The van der Waals surface area contributed by atoms with E-state index in [0.717, 1.165) is 0 Å². The molecule has 16 heteroatoms.